The van der Waals surface area contributed by atoms with Gasteiger partial charge in [0.2, 0.25) is 15.9 Å². The highest BCUT2D eigenvalue weighted by molar-refractivity contribution is 7.89. The summed E-state index contributed by atoms with van der Waals surface area (Å²) in [6, 6.07) is 0. The number of amides is 1. The third-order valence-electron chi connectivity index (χ3n) is 5.81. The summed E-state index contributed by atoms with van der Waals surface area (Å²) in [5.41, 5.74) is 0.0851. The Hall–Kier alpha value is -0.660. The Morgan fingerprint density at radius 3 is 2.39 bits per heavy atom. The van der Waals surface area contributed by atoms with E-state index >= 15 is 0 Å². The molecule has 1 atom stereocenters. The molecule has 23 heavy (non-hydrogen) atoms. The average molecular weight is 344 g/mol. The number of methoxy groups -OCH3 is 1. The fourth-order valence-electron chi connectivity index (χ4n) is 4.11. The molecule has 1 aliphatic carbocycles. The summed E-state index contributed by atoms with van der Waals surface area (Å²) < 4.78 is 30.9. The smallest absolute Gasteiger partial charge is 0.226 e. The van der Waals surface area contributed by atoms with Gasteiger partial charge in [0, 0.05) is 39.2 Å². The number of carbonyl (C=O) groups excluding carboxylic acids is 1. The van der Waals surface area contributed by atoms with Crippen molar-refractivity contribution in [3.05, 3.63) is 0 Å². The van der Waals surface area contributed by atoms with Gasteiger partial charge in [-0.05, 0) is 43.9 Å². The molecule has 0 aromatic rings. The number of likely N-dealkylation sites (tertiary alicyclic amines) is 1. The van der Waals surface area contributed by atoms with Gasteiger partial charge in [0.15, 0.2) is 0 Å². The Bertz CT molecular complexity index is 534. The van der Waals surface area contributed by atoms with Crippen LogP contribution < -0.4 is 0 Å². The maximum absolute atomic E-state index is 12.6. The number of rotatable bonds is 5. The van der Waals surface area contributed by atoms with E-state index in [4.69, 9.17) is 4.74 Å². The molecule has 0 aromatic heterocycles. The first-order valence-corrected chi connectivity index (χ1v) is 10.3. The third kappa shape index (κ3) is 3.56. The molecule has 0 aromatic carbocycles. The molecule has 2 saturated heterocycles. The summed E-state index contributed by atoms with van der Waals surface area (Å²) in [6.07, 6.45) is 6.07. The SMILES string of the molecule is COCCS(=O)(=O)N1CCC2(CC1)C[C@H]2C(=O)N1CCCCC1. The van der Waals surface area contributed by atoms with Gasteiger partial charge in [-0.1, -0.05) is 0 Å². The first kappa shape index (κ1) is 17.2. The first-order chi connectivity index (χ1) is 11.0. The molecule has 1 saturated carbocycles. The van der Waals surface area contributed by atoms with E-state index in [2.05, 4.69) is 0 Å². The topological polar surface area (TPSA) is 66.9 Å². The Morgan fingerprint density at radius 1 is 1.13 bits per heavy atom. The van der Waals surface area contributed by atoms with Crippen LogP contribution in [0.15, 0.2) is 0 Å². The van der Waals surface area contributed by atoms with Crippen molar-refractivity contribution < 1.29 is 17.9 Å². The van der Waals surface area contributed by atoms with Crippen molar-refractivity contribution in [1.29, 1.82) is 0 Å². The predicted octanol–water partition coefficient (Wildman–Crippen LogP) is 1.08. The lowest BCUT2D eigenvalue weighted by Crippen LogP contribution is -2.43. The summed E-state index contributed by atoms with van der Waals surface area (Å²) in [5.74, 6) is 0.511. The largest absolute Gasteiger partial charge is 0.384 e. The lowest BCUT2D eigenvalue weighted by Gasteiger charge is -2.33. The molecule has 0 bridgehead atoms. The van der Waals surface area contributed by atoms with E-state index in [0.717, 1.165) is 45.2 Å². The molecule has 0 N–H and O–H groups in total. The fourth-order valence-corrected chi connectivity index (χ4v) is 5.49. The molecule has 2 heterocycles. The second kappa shape index (κ2) is 6.69. The van der Waals surface area contributed by atoms with E-state index in [1.165, 1.54) is 13.5 Å². The molecule has 1 spiro atoms. The van der Waals surface area contributed by atoms with Gasteiger partial charge < -0.3 is 9.64 Å². The van der Waals surface area contributed by atoms with Crippen LogP contribution >= 0.6 is 0 Å². The van der Waals surface area contributed by atoms with Crippen LogP contribution in [-0.2, 0) is 19.6 Å². The van der Waals surface area contributed by atoms with Gasteiger partial charge in [-0.15, -0.1) is 0 Å². The van der Waals surface area contributed by atoms with Crippen molar-refractivity contribution in [2.75, 3.05) is 45.6 Å². The van der Waals surface area contributed by atoms with E-state index in [9.17, 15) is 13.2 Å². The second-order valence-electron chi connectivity index (χ2n) is 7.21. The fraction of sp³-hybridized carbons (Fsp3) is 0.938. The lowest BCUT2D eigenvalue weighted by molar-refractivity contribution is -0.134. The number of ether oxygens (including phenoxy) is 1. The molecule has 3 aliphatic rings. The Labute approximate surface area is 139 Å². The van der Waals surface area contributed by atoms with Crippen molar-refractivity contribution in [3.8, 4) is 0 Å². The van der Waals surface area contributed by atoms with Crippen LogP contribution in [0, 0.1) is 11.3 Å². The molecule has 3 rings (SSSR count). The van der Waals surface area contributed by atoms with Gasteiger partial charge >= 0.3 is 0 Å². The van der Waals surface area contributed by atoms with Crippen LogP contribution in [0.2, 0.25) is 0 Å². The number of nitrogens with zero attached hydrogens (tertiary/aromatic N) is 2. The minimum Gasteiger partial charge on any atom is -0.384 e. The van der Waals surface area contributed by atoms with Crippen LogP contribution in [0.4, 0.5) is 0 Å². The number of sulfonamides is 1. The van der Waals surface area contributed by atoms with Gasteiger partial charge in [-0.3, -0.25) is 4.79 Å². The van der Waals surface area contributed by atoms with E-state index in [-0.39, 0.29) is 23.7 Å². The minimum absolute atomic E-state index is 0.0483. The summed E-state index contributed by atoms with van der Waals surface area (Å²) in [6.45, 7) is 3.15. The molecule has 0 unspecified atom stereocenters. The highest BCUT2D eigenvalue weighted by atomic mass is 32.2. The Morgan fingerprint density at radius 2 is 1.78 bits per heavy atom. The van der Waals surface area contributed by atoms with Gasteiger partial charge in [0.25, 0.3) is 0 Å². The average Bonchev–Trinajstić information content (AvgIpc) is 3.27. The lowest BCUT2D eigenvalue weighted by atomic mass is 9.91. The van der Waals surface area contributed by atoms with Crippen LogP contribution in [0.25, 0.3) is 0 Å². The summed E-state index contributed by atoms with van der Waals surface area (Å²) in [7, 11) is -1.70. The predicted molar refractivity (Wildman–Crippen MR) is 87.4 cm³/mol. The Balaban J connectivity index is 1.52. The maximum Gasteiger partial charge on any atom is 0.226 e. The number of piperidine rings is 2. The molecule has 2 aliphatic heterocycles. The van der Waals surface area contributed by atoms with Gasteiger partial charge in [0.05, 0.1) is 12.4 Å². The first-order valence-electron chi connectivity index (χ1n) is 8.74. The highest BCUT2D eigenvalue weighted by Gasteiger charge is 2.59. The molecule has 132 valence electrons. The zero-order valence-electron chi connectivity index (χ0n) is 14.0. The van der Waals surface area contributed by atoms with Gasteiger partial charge in [-0.25, -0.2) is 12.7 Å². The summed E-state index contributed by atoms with van der Waals surface area (Å²) in [5, 5.41) is 0. The number of hydrogen-bond acceptors (Lipinski definition) is 4. The zero-order valence-corrected chi connectivity index (χ0v) is 14.8. The molecule has 0 radical (unpaired) electrons. The van der Waals surface area contributed by atoms with E-state index in [0.29, 0.717) is 19.0 Å². The zero-order chi connectivity index (χ0) is 16.5. The summed E-state index contributed by atoms with van der Waals surface area (Å²) in [4.78, 5) is 14.7. The van der Waals surface area contributed by atoms with E-state index in [1.54, 1.807) is 4.31 Å². The summed E-state index contributed by atoms with van der Waals surface area (Å²) >= 11 is 0. The number of carbonyl (C=O) groups is 1. The van der Waals surface area contributed by atoms with Crippen LogP contribution in [-0.4, -0.2) is 69.2 Å². The van der Waals surface area contributed by atoms with Crippen molar-refractivity contribution in [3.63, 3.8) is 0 Å². The number of hydrogen-bond donors (Lipinski definition) is 0. The van der Waals surface area contributed by atoms with Crippen molar-refractivity contribution in [1.82, 2.24) is 9.21 Å². The highest BCUT2D eigenvalue weighted by Crippen LogP contribution is 2.60. The third-order valence-corrected chi connectivity index (χ3v) is 7.65. The molecule has 7 heteroatoms. The maximum atomic E-state index is 12.6. The van der Waals surface area contributed by atoms with Gasteiger partial charge in [0.1, 0.15) is 0 Å². The monoisotopic (exact) mass is 344 g/mol. The molecular weight excluding hydrogens is 316 g/mol. The van der Waals surface area contributed by atoms with Crippen LogP contribution in [0.5, 0.6) is 0 Å². The molecule has 3 fully saturated rings. The molecule has 1 amide bonds. The minimum atomic E-state index is -3.21. The van der Waals surface area contributed by atoms with Crippen molar-refractivity contribution in [2.45, 2.75) is 38.5 Å². The normalized spacial score (nSPS) is 28.0. The Kier molecular flexibility index (Phi) is 4.99. The standard InChI is InChI=1S/C16H28N2O4S/c1-22-11-12-23(20,21)18-9-5-16(6-10-18)13-14(16)15(19)17-7-3-2-4-8-17/h14H,2-13H2,1H3/t14-/m0/s1. The van der Waals surface area contributed by atoms with Gasteiger partial charge in [-0.2, -0.15) is 0 Å². The van der Waals surface area contributed by atoms with Crippen LogP contribution in [0.1, 0.15) is 38.5 Å². The molecular formula is C16H28N2O4S. The van der Waals surface area contributed by atoms with Crippen molar-refractivity contribution >= 4 is 15.9 Å². The van der Waals surface area contributed by atoms with E-state index < -0.39 is 10.0 Å². The quantitative estimate of drug-likeness (QED) is 0.748. The van der Waals surface area contributed by atoms with E-state index in [1.807, 2.05) is 4.90 Å². The molecule has 6 nitrogen and oxygen atoms in total. The van der Waals surface area contributed by atoms with Crippen molar-refractivity contribution in [2.24, 2.45) is 11.3 Å². The second-order valence-corrected chi connectivity index (χ2v) is 9.30. The van der Waals surface area contributed by atoms with Crippen LogP contribution in [0.3, 0.4) is 0 Å².